The Morgan fingerprint density at radius 3 is 1.85 bits per heavy atom. The van der Waals surface area contributed by atoms with Gasteiger partial charge in [0.2, 0.25) is 0 Å². The molecule has 0 bridgehead atoms. The molecule has 0 unspecified atom stereocenters. The highest BCUT2D eigenvalue weighted by molar-refractivity contribution is 5.66. The van der Waals surface area contributed by atoms with Gasteiger partial charge in [-0.3, -0.25) is 10.1 Å². The summed E-state index contributed by atoms with van der Waals surface area (Å²) in [6.45, 7) is 7.56. The molecule has 0 aromatic heterocycles. The lowest BCUT2D eigenvalue weighted by Gasteiger charge is -2.31. The van der Waals surface area contributed by atoms with Gasteiger partial charge in [0.1, 0.15) is 5.72 Å². The second kappa shape index (κ2) is 12.7. The maximum Gasteiger partial charge on any atom is 0.303 e. The van der Waals surface area contributed by atoms with Crippen molar-refractivity contribution < 1.29 is 14.6 Å². The number of rotatable bonds is 16. The first-order chi connectivity index (χ1) is 12.4. The van der Waals surface area contributed by atoms with Crippen LogP contribution in [0.15, 0.2) is 0 Å². The lowest BCUT2D eigenvalue weighted by molar-refractivity contribution is -0.137. The second-order valence-electron chi connectivity index (χ2n) is 8.82. The average molecular weight is 370 g/mol. The fourth-order valence-electron chi connectivity index (χ4n) is 3.99. The number of nitrogens with one attached hydrogen (secondary N) is 1. The zero-order valence-electron chi connectivity index (χ0n) is 17.6. The van der Waals surface area contributed by atoms with Gasteiger partial charge in [0, 0.05) is 12.0 Å². The van der Waals surface area contributed by atoms with Crippen molar-refractivity contribution in [2.45, 2.75) is 128 Å². The number of ether oxygens (including phenoxy) is 1. The number of carboxylic acids is 1. The first kappa shape index (κ1) is 23.4. The minimum atomic E-state index is -0.667. The van der Waals surface area contributed by atoms with E-state index in [0.717, 1.165) is 32.3 Å². The molecular weight excluding hydrogens is 326 g/mol. The fraction of sp³-hybridized carbons (Fsp3) is 0.955. The van der Waals surface area contributed by atoms with Gasteiger partial charge in [0.15, 0.2) is 0 Å². The predicted octanol–water partition coefficient (Wildman–Crippen LogP) is 6.04. The summed E-state index contributed by atoms with van der Waals surface area (Å²) in [6, 6.07) is 0. The zero-order valence-corrected chi connectivity index (χ0v) is 17.6. The van der Waals surface area contributed by atoms with Crippen molar-refractivity contribution in [2.75, 3.05) is 6.61 Å². The Morgan fingerprint density at radius 1 is 0.885 bits per heavy atom. The number of hydrogen-bond donors (Lipinski definition) is 2. The van der Waals surface area contributed by atoms with Crippen molar-refractivity contribution in [3.8, 4) is 0 Å². The highest BCUT2D eigenvalue weighted by atomic mass is 16.5. The molecule has 0 radical (unpaired) electrons. The Hall–Kier alpha value is -0.610. The zero-order chi connectivity index (χ0) is 19.3. The Morgan fingerprint density at radius 2 is 1.38 bits per heavy atom. The second-order valence-corrected chi connectivity index (χ2v) is 8.82. The third-order valence-corrected chi connectivity index (χ3v) is 5.43. The van der Waals surface area contributed by atoms with E-state index >= 15 is 0 Å². The van der Waals surface area contributed by atoms with Crippen LogP contribution in [0.2, 0.25) is 0 Å². The molecule has 1 heterocycles. The molecule has 0 amide bonds. The summed E-state index contributed by atoms with van der Waals surface area (Å²) >= 11 is 0. The summed E-state index contributed by atoms with van der Waals surface area (Å²) in [5, 5.41) is 12.4. The minimum Gasteiger partial charge on any atom is -0.481 e. The molecule has 0 aromatic carbocycles. The van der Waals surface area contributed by atoms with Gasteiger partial charge in [0.05, 0.1) is 6.61 Å². The number of hydrogen-bond acceptors (Lipinski definition) is 3. The van der Waals surface area contributed by atoms with E-state index in [0.29, 0.717) is 6.42 Å². The van der Waals surface area contributed by atoms with Crippen LogP contribution in [0.25, 0.3) is 0 Å². The van der Waals surface area contributed by atoms with Gasteiger partial charge in [-0.1, -0.05) is 64.7 Å². The van der Waals surface area contributed by atoms with Gasteiger partial charge in [-0.2, -0.15) is 0 Å². The summed E-state index contributed by atoms with van der Waals surface area (Å²) in [7, 11) is 0. The Balaban J connectivity index is 2.13. The van der Waals surface area contributed by atoms with Crippen molar-refractivity contribution in [2.24, 2.45) is 0 Å². The largest absolute Gasteiger partial charge is 0.481 e. The molecule has 1 saturated heterocycles. The van der Waals surface area contributed by atoms with Crippen LogP contribution < -0.4 is 5.32 Å². The normalized spacial score (nSPS) is 22.0. The van der Waals surface area contributed by atoms with Crippen molar-refractivity contribution in [3.63, 3.8) is 0 Å². The molecule has 1 aliphatic heterocycles. The molecule has 26 heavy (non-hydrogen) atoms. The van der Waals surface area contributed by atoms with E-state index in [-0.39, 0.29) is 11.3 Å². The highest BCUT2D eigenvalue weighted by Crippen LogP contribution is 2.32. The summed E-state index contributed by atoms with van der Waals surface area (Å²) < 4.78 is 6.27. The predicted molar refractivity (Wildman–Crippen MR) is 108 cm³/mol. The smallest absolute Gasteiger partial charge is 0.303 e. The lowest BCUT2D eigenvalue weighted by Crippen LogP contribution is -2.48. The van der Waals surface area contributed by atoms with E-state index < -0.39 is 5.97 Å². The van der Waals surface area contributed by atoms with Gasteiger partial charge in [0.25, 0.3) is 0 Å². The molecule has 4 nitrogen and oxygen atoms in total. The van der Waals surface area contributed by atoms with Crippen LogP contribution in [0.3, 0.4) is 0 Å². The molecule has 1 fully saturated rings. The van der Waals surface area contributed by atoms with Crippen LogP contribution in [0.1, 0.15) is 117 Å². The van der Waals surface area contributed by atoms with E-state index in [1.165, 1.54) is 64.2 Å². The molecule has 0 saturated carbocycles. The Kier molecular flexibility index (Phi) is 11.5. The monoisotopic (exact) mass is 369 g/mol. The van der Waals surface area contributed by atoms with E-state index in [1.807, 2.05) is 0 Å². The topological polar surface area (TPSA) is 58.6 Å². The van der Waals surface area contributed by atoms with Gasteiger partial charge >= 0.3 is 5.97 Å². The number of aliphatic carboxylic acids is 1. The quantitative estimate of drug-likeness (QED) is 0.326. The van der Waals surface area contributed by atoms with Gasteiger partial charge in [-0.25, -0.2) is 0 Å². The molecular formula is C22H43NO3. The fourth-order valence-corrected chi connectivity index (χ4v) is 3.99. The molecule has 2 N–H and O–H groups in total. The van der Waals surface area contributed by atoms with Crippen LogP contribution in [0, 0.1) is 0 Å². The molecule has 1 rings (SSSR count). The van der Waals surface area contributed by atoms with E-state index in [4.69, 9.17) is 9.84 Å². The Bertz CT molecular complexity index is 384. The van der Waals surface area contributed by atoms with Crippen LogP contribution in [-0.4, -0.2) is 28.9 Å². The van der Waals surface area contributed by atoms with Gasteiger partial charge < -0.3 is 9.84 Å². The first-order valence-corrected chi connectivity index (χ1v) is 11.0. The summed E-state index contributed by atoms with van der Waals surface area (Å²) in [6.07, 6.45) is 17.1. The van der Waals surface area contributed by atoms with Crippen molar-refractivity contribution in [3.05, 3.63) is 0 Å². The maximum atomic E-state index is 10.5. The number of carboxylic acid groups (broad SMARTS) is 1. The van der Waals surface area contributed by atoms with Gasteiger partial charge in [-0.05, 0) is 46.0 Å². The minimum absolute atomic E-state index is 0.0892. The molecule has 0 aromatic rings. The van der Waals surface area contributed by atoms with Crippen LogP contribution in [0.4, 0.5) is 0 Å². The molecule has 1 aliphatic rings. The molecule has 1 atom stereocenters. The molecule has 0 spiro atoms. The van der Waals surface area contributed by atoms with Crippen molar-refractivity contribution in [1.82, 2.24) is 5.32 Å². The summed E-state index contributed by atoms with van der Waals surface area (Å²) in [5.41, 5.74) is 0.00871. The van der Waals surface area contributed by atoms with E-state index in [1.54, 1.807) is 0 Å². The summed E-state index contributed by atoms with van der Waals surface area (Å²) in [4.78, 5) is 10.5. The highest BCUT2D eigenvalue weighted by Gasteiger charge is 2.42. The Labute approximate surface area is 161 Å². The molecule has 4 heteroatoms. The van der Waals surface area contributed by atoms with Gasteiger partial charge in [-0.15, -0.1) is 0 Å². The first-order valence-electron chi connectivity index (χ1n) is 11.0. The standard InChI is InChI=1S/C22H43NO3/c1-4-5-6-14-17-22(23-21(2,3)19-26-22)18-15-12-10-8-7-9-11-13-16-20(24)25/h23H,4-19H2,1-3H3,(H,24,25)/t22-/m0/s1. The summed E-state index contributed by atoms with van der Waals surface area (Å²) in [5.74, 6) is -0.667. The van der Waals surface area contributed by atoms with Crippen molar-refractivity contribution in [1.29, 1.82) is 0 Å². The average Bonchev–Trinajstić information content (AvgIpc) is 2.88. The molecule has 0 aliphatic carbocycles. The third-order valence-electron chi connectivity index (χ3n) is 5.43. The lowest BCUT2D eigenvalue weighted by atomic mass is 9.95. The van der Waals surface area contributed by atoms with E-state index in [2.05, 4.69) is 26.1 Å². The SMILES string of the molecule is CCCCCC[C@]1(CCCCCCCCCCC(=O)O)NC(C)(C)CO1. The van der Waals surface area contributed by atoms with Crippen LogP contribution in [-0.2, 0) is 9.53 Å². The number of unbranched alkanes of at least 4 members (excludes halogenated alkanes) is 10. The van der Waals surface area contributed by atoms with E-state index in [9.17, 15) is 4.79 Å². The third kappa shape index (κ3) is 10.5. The van der Waals surface area contributed by atoms with Crippen LogP contribution in [0.5, 0.6) is 0 Å². The van der Waals surface area contributed by atoms with Crippen molar-refractivity contribution >= 4 is 5.97 Å². The van der Waals surface area contributed by atoms with Crippen LogP contribution >= 0.6 is 0 Å². The maximum absolute atomic E-state index is 10.5. The number of carbonyl (C=O) groups is 1. The molecule has 154 valence electrons.